The number of likely N-dealkylation sites (tertiary alicyclic amines) is 1. The van der Waals surface area contributed by atoms with Gasteiger partial charge >= 0.3 is 0 Å². The molecular formula is C15H16ClN3O. The predicted molar refractivity (Wildman–Crippen MR) is 77.7 cm³/mol. The fraction of sp³-hybridized carbons (Fsp3) is 0.333. The fourth-order valence-corrected chi connectivity index (χ4v) is 2.57. The van der Waals surface area contributed by atoms with E-state index in [1.54, 1.807) is 12.4 Å². The molecule has 3 rings (SSSR count). The molecule has 0 radical (unpaired) electrons. The summed E-state index contributed by atoms with van der Waals surface area (Å²) in [5.41, 5.74) is 1.25. The second kappa shape index (κ2) is 5.67. The molecule has 1 fully saturated rings. The molecule has 0 unspecified atom stereocenters. The number of nitrogens with zero attached hydrogens (tertiary/aromatic N) is 2. The summed E-state index contributed by atoms with van der Waals surface area (Å²) < 4.78 is 0. The van der Waals surface area contributed by atoms with Gasteiger partial charge in [0.15, 0.2) is 0 Å². The highest BCUT2D eigenvalue weighted by atomic mass is 35.5. The SMILES string of the molecule is O=C(CCc1ncc[nH]1)N1CC(c2ccc(Cl)cc2)C1. The van der Waals surface area contributed by atoms with Crippen molar-refractivity contribution < 1.29 is 4.79 Å². The number of benzene rings is 1. The minimum absolute atomic E-state index is 0.201. The minimum atomic E-state index is 0.201. The number of amides is 1. The zero-order valence-electron chi connectivity index (χ0n) is 11.1. The number of rotatable bonds is 4. The van der Waals surface area contributed by atoms with Crippen LogP contribution in [0.4, 0.5) is 0 Å². The van der Waals surface area contributed by atoms with E-state index in [4.69, 9.17) is 11.6 Å². The van der Waals surface area contributed by atoms with E-state index in [0.717, 1.165) is 23.9 Å². The van der Waals surface area contributed by atoms with Crippen LogP contribution >= 0.6 is 11.6 Å². The average Bonchev–Trinajstić information content (AvgIpc) is 2.90. The molecule has 20 heavy (non-hydrogen) atoms. The normalized spacial score (nSPS) is 15.2. The van der Waals surface area contributed by atoms with Crippen molar-refractivity contribution in [1.29, 1.82) is 0 Å². The van der Waals surface area contributed by atoms with Crippen molar-refractivity contribution >= 4 is 17.5 Å². The van der Waals surface area contributed by atoms with Crippen LogP contribution < -0.4 is 0 Å². The lowest BCUT2D eigenvalue weighted by Gasteiger charge is -2.39. The Kier molecular flexibility index (Phi) is 3.74. The highest BCUT2D eigenvalue weighted by molar-refractivity contribution is 6.30. The summed E-state index contributed by atoms with van der Waals surface area (Å²) in [6, 6.07) is 7.88. The van der Waals surface area contributed by atoms with Gasteiger partial charge in [-0.05, 0) is 17.7 Å². The van der Waals surface area contributed by atoms with Crippen molar-refractivity contribution in [3.8, 4) is 0 Å². The molecule has 1 aromatic carbocycles. The molecule has 2 aromatic rings. The van der Waals surface area contributed by atoms with Crippen molar-refractivity contribution in [3.63, 3.8) is 0 Å². The Balaban J connectivity index is 1.47. The molecule has 2 heterocycles. The first-order chi connectivity index (χ1) is 9.72. The maximum atomic E-state index is 12.0. The number of H-pyrrole nitrogens is 1. The van der Waals surface area contributed by atoms with E-state index in [-0.39, 0.29) is 5.91 Å². The average molecular weight is 290 g/mol. The molecule has 104 valence electrons. The Morgan fingerprint density at radius 1 is 1.35 bits per heavy atom. The molecule has 1 saturated heterocycles. The Hall–Kier alpha value is -1.81. The second-order valence-electron chi connectivity index (χ2n) is 5.08. The fourth-order valence-electron chi connectivity index (χ4n) is 2.45. The zero-order chi connectivity index (χ0) is 13.9. The van der Waals surface area contributed by atoms with E-state index in [1.807, 2.05) is 29.2 Å². The molecule has 4 nitrogen and oxygen atoms in total. The molecule has 1 aromatic heterocycles. The molecule has 1 aliphatic heterocycles. The standard InChI is InChI=1S/C15H16ClN3O/c16-13-3-1-11(2-4-13)12-9-19(10-12)15(20)6-5-14-17-7-8-18-14/h1-4,7-8,12H,5-6,9-10H2,(H,17,18). The van der Waals surface area contributed by atoms with Crippen molar-refractivity contribution in [3.05, 3.63) is 53.1 Å². The molecule has 0 atom stereocenters. The Morgan fingerprint density at radius 3 is 2.75 bits per heavy atom. The number of carbonyl (C=O) groups is 1. The molecular weight excluding hydrogens is 274 g/mol. The van der Waals surface area contributed by atoms with Gasteiger partial charge in [0.25, 0.3) is 0 Å². The monoisotopic (exact) mass is 289 g/mol. The second-order valence-corrected chi connectivity index (χ2v) is 5.52. The lowest BCUT2D eigenvalue weighted by Crippen LogP contribution is -2.48. The third-order valence-electron chi connectivity index (χ3n) is 3.71. The van der Waals surface area contributed by atoms with E-state index in [0.29, 0.717) is 18.8 Å². The minimum Gasteiger partial charge on any atom is -0.349 e. The van der Waals surface area contributed by atoms with Crippen LogP contribution in [0.25, 0.3) is 0 Å². The number of carbonyl (C=O) groups excluding carboxylic acids is 1. The number of hydrogen-bond donors (Lipinski definition) is 1. The summed E-state index contributed by atoms with van der Waals surface area (Å²) in [6.07, 6.45) is 4.68. The van der Waals surface area contributed by atoms with Crippen LogP contribution in [0.15, 0.2) is 36.7 Å². The largest absolute Gasteiger partial charge is 0.349 e. The molecule has 1 aliphatic rings. The zero-order valence-corrected chi connectivity index (χ0v) is 11.8. The van der Waals surface area contributed by atoms with Crippen LogP contribution in [-0.4, -0.2) is 33.9 Å². The van der Waals surface area contributed by atoms with Crippen molar-refractivity contribution in [2.45, 2.75) is 18.8 Å². The number of hydrogen-bond acceptors (Lipinski definition) is 2. The van der Waals surface area contributed by atoms with E-state index in [1.165, 1.54) is 5.56 Å². The van der Waals surface area contributed by atoms with Crippen LogP contribution in [0.3, 0.4) is 0 Å². The van der Waals surface area contributed by atoms with Gasteiger partial charge in [-0.1, -0.05) is 23.7 Å². The van der Waals surface area contributed by atoms with E-state index in [2.05, 4.69) is 9.97 Å². The summed E-state index contributed by atoms with van der Waals surface area (Å²) >= 11 is 5.87. The van der Waals surface area contributed by atoms with E-state index in [9.17, 15) is 4.79 Å². The van der Waals surface area contributed by atoms with Gasteiger partial charge in [0.2, 0.25) is 5.91 Å². The number of aryl methyl sites for hydroxylation is 1. The molecule has 0 saturated carbocycles. The van der Waals surface area contributed by atoms with E-state index < -0.39 is 0 Å². The summed E-state index contributed by atoms with van der Waals surface area (Å²) in [5, 5.41) is 0.749. The lowest BCUT2D eigenvalue weighted by molar-refractivity contribution is -0.135. The first kappa shape index (κ1) is 13.2. The first-order valence-electron chi connectivity index (χ1n) is 6.74. The summed E-state index contributed by atoms with van der Waals surface area (Å²) in [7, 11) is 0. The predicted octanol–water partition coefficient (Wildman–Crippen LogP) is 2.62. The van der Waals surface area contributed by atoms with Crippen LogP contribution in [0.2, 0.25) is 5.02 Å². The molecule has 1 amide bonds. The molecule has 0 spiro atoms. The van der Waals surface area contributed by atoms with Crippen LogP contribution in [0.5, 0.6) is 0 Å². The third kappa shape index (κ3) is 2.85. The first-order valence-corrected chi connectivity index (χ1v) is 7.11. The van der Waals surface area contributed by atoms with Crippen LogP contribution in [0.1, 0.15) is 23.7 Å². The summed E-state index contributed by atoms with van der Waals surface area (Å²) in [5.74, 6) is 1.51. The van der Waals surface area contributed by atoms with Gasteiger partial charge in [-0.25, -0.2) is 4.98 Å². The van der Waals surface area contributed by atoms with Gasteiger partial charge in [0, 0.05) is 49.3 Å². The number of nitrogens with one attached hydrogen (secondary N) is 1. The van der Waals surface area contributed by atoms with Crippen molar-refractivity contribution in [2.75, 3.05) is 13.1 Å². The number of aromatic nitrogens is 2. The van der Waals surface area contributed by atoms with E-state index >= 15 is 0 Å². The quantitative estimate of drug-likeness (QED) is 0.940. The Bertz CT molecular complexity index is 574. The lowest BCUT2D eigenvalue weighted by atomic mass is 9.91. The van der Waals surface area contributed by atoms with Gasteiger partial charge < -0.3 is 9.88 Å². The number of imidazole rings is 1. The Labute approximate surface area is 122 Å². The topological polar surface area (TPSA) is 49.0 Å². The summed E-state index contributed by atoms with van der Waals surface area (Å²) in [4.78, 5) is 21.1. The van der Waals surface area contributed by atoms with Gasteiger partial charge in [0.05, 0.1) is 0 Å². The maximum Gasteiger partial charge on any atom is 0.223 e. The molecule has 0 aliphatic carbocycles. The Morgan fingerprint density at radius 2 is 2.10 bits per heavy atom. The number of halogens is 1. The van der Waals surface area contributed by atoms with Crippen molar-refractivity contribution in [1.82, 2.24) is 14.9 Å². The maximum absolute atomic E-state index is 12.0. The van der Waals surface area contributed by atoms with Gasteiger partial charge in [-0.2, -0.15) is 0 Å². The van der Waals surface area contributed by atoms with Gasteiger partial charge in [0.1, 0.15) is 5.82 Å². The van der Waals surface area contributed by atoms with Gasteiger partial charge in [-0.3, -0.25) is 4.79 Å². The van der Waals surface area contributed by atoms with Gasteiger partial charge in [-0.15, -0.1) is 0 Å². The van der Waals surface area contributed by atoms with Crippen LogP contribution in [0, 0.1) is 0 Å². The third-order valence-corrected chi connectivity index (χ3v) is 3.96. The number of aromatic amines is 1. The molecule has 1 N–H and O–H groups in total. The smallest absolute Gasteiger partial charge is 0.223 e. The molecule has 0 bridgehead atoms. The molecule has 5 heteroatoms. The highest BCUT2D eigenvalue weighted by Gasteiger charge is 2.31. The highest BCUT2D eigenvalue weighted by Crippen LogP contribution is 2.28. The van der Waals surface area contributed by atoms with Crippen LogP contribution in [-0.2, 0) is 11.2 Å². The summed E-state index contributed by atoms with van der Waals surface area (Å²) in [6.45, 7) is 1.61. The van der Waals surface area contributed by atoms with Crippen molar-refractivity contribution in [2.24, 2.45) is 0 Å².